The number of aryl methyl sites for hydroxylation is 1. The molecule has 32 heavy (non-hydrogen) atoms. The van der Waals surface area contributed by atoms with Gasteiger partial charge in [0.2, 0.25) is 5.82 Å². The Labute approximate surface area is 184 Å². The van der Waals surface area contributed by atoms with Crippen LogP contribution in [0.5, 0.6) is 0 Å². The molecule has 168 valence electrons. The van der Waals surface area contributed by atoms with E-state index in [1.807, 2.05) is 6.07 Å². The van der Waals surface area contributed by atoms with Crippen LogP contribution in [-0.2, 0) is 24.1 Å². The van der Waals surface area contributed by atoms with E-state index in [0.717, 1.165) is 21.2 Å². The predicted molar refractivity (Wildman–Crippen MR) is 107 cm³/mol. The number of hydrogen-bond donors (Lipinski definition) is 1. The molecule has 0 bridgehead atoms. The van der Waals surface area contributed by atoms with Gasteiger partial charge in [-0.15, -0.1) is 5.10 Å². The van der Waals surface area contributed by atoms with Crippen LogP contribution in [0.15, 0.2) is 36.7 Å². The van der Waals surface area contributed by atoms with Crippen LogP contribution in [0.2, 0.25) is 5.02 Å². The van der Waals surface area contributed by atoms with E-state index in [9.17, 15) is 22.8 Å². The lowest BCUT2D eigenvalue weighted by atomic mass is 10.2. The van der Waals surface area contributed by atoms with Gasteiger partial charge in [0.1, 0.15) is 18.2 Å². The summed E-state index contributed by atoms with van der Waals surface area (Å²) in [5.41, 5.74) is -0.216. The summed E-state index contributed by atoms with van der Waals surface area (Å²) in [5.74, 6) is -1.37. The van der Waals surface area contributed by atoms with Gasteiger partial charge in [-0.3, -0.25) is 14.5 Å². The van der Waals surface area contributed by atoms with Gasteiger partial charge in [0.25, 0.3) is 11.8 Å². The molecule has 9 nitrogen and oxygen atoms in total. The van der Waals surface area contributed by atoms with Crippen molar-refractivity contribution in [2.24, 2.45) is 0 Å². The number of anilines is 1. The fraction of sp³-hybridized carbons (Fsp3) is 0.316. The molecule has 3 aromatic rings. The van der Waals surface area contributed by atoms with E-state index < -0.39 is 29.7 Å². The molecule has 1 aliphatic heterocycles. The number of carbonyl (C=O) groups is 2. The Kier molecular flexibility index (Phi) is 5.63. The maximum atomic E-state index is 12.9. The fourth-order valence-electron chi connectivity index (χ4n) is 3.36. The van der Waals surface area contributed by atoms with Crippen LogP contribution >= 0.6 is 11.6 Å². The largest absolute Gasteiger partial charge is 0.435 e. The molecule has 0 aliphatic carbocycles. The maximum absolute atomic E-state index is 12.9. The Balaban J connectivity index is 1.44. The van der Waals surface area contributed by atoms with Crippen molar-refractivity contribution in [1.82, 2.24) is 29.9 Å². The second-order valence-corrected chi connectivity index (χ2v) is 7.65. The summed E-state index contributed by atoms with van der Waals surface area (Å²) in [6, 6.07) is 6.98. The number of nitrogens with zero attached hydrogens (tertiary/aromatic N) is 6. The molecule has 1 aromatic carbocycles. The average Bonchev–Trinajstić information content (AvgIpc) is 3.35. The number of likely N-dealkylation sites (N-methyl/N-ethyl adjacent to an activating group) is 1. The van der Waals surface area contributed by atoms with Gasteiger partial charge in [0.05, 0.1) is 6.54 Å². The predicted octanol–water partition coefficient (Wildman–Crippen LogP) is 2.36. The molecule has 1 atom stereocenters. The zero-order valence-electron chi connectivity index (χ0n) is 16.7. The zero-order chi connectivity index (χ0) is 23.0. The first kappa shape index (κ1) is 21.8. The topological polar surface area (TPSA) is 97.9 Å². The molecule has 1 N–H and O–H groups in total. The van der Waals surface area contributed by atoms with Gasteiger partial charge < -0.3 is 5.32 Å². The van der Waals surface area contributed by atoms with E-state index in [0.29, 0.717) is 11.6 Å². The number of amides is 2. The third-order valence-electron chi connectivity index (χ3n) is 4.93. The molecule has 3 heterocycles. The van der Waals surface area contributed by atoms with Crippen molar-refractivity contribution in [3.8, 4) is 0 Å². The number of benzene rings is 1. The monoisotopic (exact) mass is 467 g/mol. The second kappa shape index (κ2) is 8.26. The van der Waals surface area contributed by atoms with Gasteiger partial charge in [-0.2, -0.15) is 18.3 Å². The molecule has 0 spiro atoms. The lowest BCUT2D eigenvalue weighted by Crippen LogP contribution is -2.47. The van der Waals surface area contributed by atoms with Gasteiger partial charge in [-0.05, 0) is 24.1 Å². The minimum Gasteiger partial charge on any atom is -0.337 e. The highest BCUT2D eigenvalue weighted by Crippen LogP contribution is 2.32. The summed E-state index contributed by atoms with van der Waals surface area (Å²) in [7, 11) is 1.33. The lowest BCUT2D eigenvalue weighted by Gasteiger charge is -2.19. The number of fused-ring (bicyclic) bond motifs is 1. The number of carbonyl (C=O) groups excluding carboxylic acids is 2. The fourth-order valence-corrected chi connectivity index (χ4v) is 3.57. The summed E-state index contributed by atoms with van der Waals surface area (Å²) in [6.07, 6.45) is -3.18. The van der Waals surface area contributed by atoms with Crippen LogP contribution in [0.3, 0.4) is 0 Å². The smallest absolute Gasteiger partial charge is 0.337 e. The lowest BCUT2D eigenvalue weighted by molar-refractivity contribution is -0.141. The first-order valence-electron chi connectivity index (χ1n) is 9.49. The first-order valence-corrected chi connectivity index (χ1v) is 9.87. The highest BCUT2D eigenvalue weighted by atomic mass is 35.5. The molecule has 0 saturated carbocycles. The van der Waals surface area contributed by atoms with Crippen molar-refractivity contribution >= 4 is 29.2 Å². The van der Waals surface area contributed by atoms with Crippen molar-refractivity contribution in [3.63, 3.8) is 0 Å². The Morgan fingerprint density at radius 2 is 2.06 bits per heavy atom. The van der Waals surface area contributed by atoms with Crippen LogP contribution in [0.1, 0.15) is 28.3 Å². The van der Waals surface area contributed by atoms with Crippen LogP contribution in [0.4, 0.5) is 19.0 Å². The summed E-state index contributed by atoms with van der Waals surface area (Å²) in [5, 5.41) is 10.8. The Bertz CT molecular complexity index is 1170. The minimum atomic E-state index is -4.62. The minimum absolute atomic E-state index is 0.00278. The van der Waals surface area contributed by atoms with Gasteiger partial charge in [0, 0.05) is 24.7 Å². The van der Waals surface area contributed by atoms with Crippen LogP contribution in [0, 0.1) is 0 Å². The Morgan fingerprint density at radius 1 is 1.28 bits per heavy atom. The van der Waals surface area contributed by atoms with Crippen molar-refractivity contribution in [1.29, 1.82) is 0 Å². The Hall–Kier alpha value is -3.41. The van der Waals surface area contributed by atoms with E-state index in [-0.39, 0.29) is 24.6 Å². The van der Waals surface area contributed by atoms with Gasteiger partial charge in [-0.1, -0.05) is 23.7 Å². The summed E-state index contributed by atoms with van der Waals surface area (Å²) >= 11 is 5.96. The van der Waals surface area contributed by atoms with Crippen LogP contribution in [0.25, 0.3) is 0 Å². The molecule has 4 rings (SSSR count). The third-order valence-corrected chi connectivity index (χ3v) is 5.16. The zero-order valence-corrected chi connectivity index (χ0v) is 17.4. The second-order valence-electron chi connectivity index (χ2n) is 7.22. The van der Waals surface area contributed by atoms with Gasteiger partial charge in [-0.25, -0.2) is 14.3 Å². The van der Waals surface area contributed by atoms with Gasteiger partial charge >= 0.3 is 6.18 Å². The highest BCUT2D eigenvalue weighted by Gasteiger charge is 2.38. The molecular weight excluding hydrogens is 451 g/mol. The number of nitrogens with one attached hydrogen (secondary N) is 1. The molecule has 0 unspecified atom stereocenters. The number of alkyl halides is 3. The first-order chi connectivity index (χ1) is 15.1. The maximum Gasteiger partial charge on any atom is 0.435 e. The van der Waals surface area contributed by atoms with Crippen molar-refractivity contribution in [2.45, 2.75) is 31.7 Å². The number of aromatic nitrogens is 5. The van der Waals surface area contributed by atoms with E-state index in [1.54, 1.807) is 18.2 Å². The van der Waals surface area contributed by atoms with E-state index >= 15 is 0 Å². The van der Waals surface area contributed by atoms with Crippen LogP contribution < -0.4 is 10.2 Å². The SMILES string of the molecule is CN1C(=O)[C@@H](NC(=O)c2ncn(Cc3cccc(Cl)c3)n2)CCn2nc(C(F)(F)F)cc21. The normalized spacial score (nSPS) is 16.6. The van der Waals surface area contributed by atoms with Crippen molar-refractivity contribution < 1.29 is 22.8 Å². The number of hydrogen-bond acceptors (Lipinski definition) is 5. The van der Waals surface area contributed by atoms with E-state index in [1.165, 1.54) is 18.1 Å². The summed E-state index contributed by atoms with van der Waals surface area (Å²) < 4.78 is 41.4. The summed E-state index contributed by atoms with van der Waals surface area (Å²) in [4.78, 5) is 30.3. The quantitative estimate of drug-likeness (QED) is 0.635. The molecule has 0 saturated heterocycles. The average molecular weight is 468 g/mol. The van der Waals surface area contributed by atoms with Crippen LogP contribution in [-0.4, -0.2) is 49.4 Å². The molecule has 1 aliphatic rings. The molecule has 13 heteroatoms. The van der Waals surface area contributed by atoms with Crippen molar-refractivity contribution in [3.05, 3.63) is 58.8 Å². The number of rotatable bonds is 4. The van der Waals surface area contributed by atoms with Crippen molar-refractivity contribution in [2.75, 3.05) is 11.9 Å². The Morgan fingerprint density at radius 3 is 2.78 bits per heavy atom. The highest BCUT2D eigenvalue weighted by molar-refractivity contribution is 6.30. The molecule has 0 radical (unpaired) electrons. The van der Waals surface area contributed by atoms with E-state index in [2.05, 4.69) is 20.5 Å². The molecule has 0 fully saturated rings. The molecule has 2 aromatic heterocycles. The third kappa shape index (κ3) is 4.44. The molecule has 2 amide bonds. The standard InChI is InChI=1S/C19H17ClF3N7O2/c1-28-15-8-14(19(21,22)23)26-30(15)6-5-13(18(28)32)25-17(31)16-24-10-29(27-16)9-11-3-2-4-12(20)7-11/h2-4,7-8,10,13H,5-6,9H2,1H3,(H,25,31)/t13-/m0/s1. The summed E-state index contributed by atoms with van der Waals surface area (Å²) in [6.45, 7) is 0.359. The molecular formula is C19H17ClF3N7O2. The number of halogens is 4. The van der Waals surface area contributed by atoms with E-state index in [4.69, 9.17) is 11.6 Å². The van der Waals surface area contributed by atoms with Gasteiger partial charge in [0.15, 0.2) is 5.69 Å².